The van der Waals surface area contributed by atoms with Crippen molar-refractivity contribution in [2.75, 3.05) is 5.73 Å². The molecule has 0 atom stereocenters. The highest BCUT2D eigenvalue weighted by atomic mass is 35.5. The average molecular weight is 348 g/mol. The zero-order chi connectivity index (χ0) is 16.6. The molecular formula is C15H11Cl2N5O. The number of nitrogen functional groups attached to an aromatic ring is 1. The first kappa shape index (κ1) is 15.5. The number of nitrogens with zero attached hydrogens (tertiary/aromatic N) is 4. The number of nitriles is 1. The number of amides is 1. The van der Waals surface area contributed by atoms with Crippen LogP contribution in [0.1, 0.15) is 17.7 Å². The van der Waals surface area contributed by atoms with Gasteiger partial charge in [-0.25, -0.2) is 9.97 Å². The number of halogens is 2. The molecule has 0 fully saturated rings. The standard InChI is InChI=1S/C15H11Cl2N5O/c16-8-1-2-9(11(17)5-8)14-10-6-22(13(23)3-4-18)7-12(10)20-15(19)21-14/h1-2,5H,3,6-7H2,(H2,19,20,21). The third-order valence-electron chi connectivity index (χ3n) is 3.57. The zero-order valence-electron chi connectivity index (χ0n) is 11.9. The van der Waals surface area contributed by atoms with Gasteiger partial charge in [-0.3, -0.25) is 4.79 Å². The van der Waals surface area contributed by atoms with Gasteiger partial charge in [0.2, 0.25) is 11.9 Å². The van der Waals surface area contributed by atoms with Gasteiger partial charge in [-0.2, -0.15) is 5.26 Å². The molecule has 1 aromatic heterocycles. The van der Waals surface area contributed by atoms with Gasteiger partial charge in [0.25, 0.3) is 0 Å². The second-order valence-corrected chi connectivity index (χ2v) is 5.91. The number of rotatable bonds is 2. The van der Waals surface area contributed by atoms with E-state index >= 15 is 0 Å². The Morgan fingerprint density at radius 1 is 1.35 bits per heavy atom. The first-order valence-electron chi connectivity index (χ1n) is 6.75. The van der Waals surface area contributed by atoms with Crippen molar-refractivity contribution in [1.29, 1.82) is 5.26 Å². The Hall–Kier alpha value is -2.36. The van der Waals surface area contributed by atoms with Crippen molar-refractivity contribution in [2.45, 2.75) is 19.5 Å². The van der Waals surface area contributed by atoms with Crippen molar-refractivity contribution in [3.63, 3.8) is 0 Å². The molecule has 1 aromatic carbocycles. The summed E-state index contributed by atoms with van der Waals surface area (Å²) in [6.07, 6.45) is -0.173. The van der Waals surface area contributed by atoms with Crippen LogP contribution in [0.15, 0.2) is 18.2 Å². The molecule has 0 saturated heterocycles. The predicted octanol–water partition coefficient (Wildman–Crippen LogP) is 2.79. The molecule has 0 bridgehead atoms. The molecule has 0 spiro atoms. The maximum absolute atomic E-state index is 11.9. The molecule has 0 saturated carbocycles. The molecule has 1 amide bonds. The molecule has 3 rings (SSSR count). The van der Waals surface area contributed by atoms with E-state index in [1.807, 2.05) is 6.07 Å². The van der Waals surface area contributed by atoms with Crippen LogP contribution in [0.25, 0.3) is 11.3 Å². The molecule has 8 heteroatoms. The number of fused-ring (bicyclic) bond motifs is 1. The lowest BCUT2D eigenvalue weighted by atomic mass is 10.1. The molecule has 1 aliphatic heterocycles. The van der Waals surface area contributed by atoms with Gasteiger partial charge in [0, 0.05) is 16.1 Å². The minimum atomic E-state index is -0.253. The fourth-order valence-corrected chi connectivity index (χ4v) is 3.03. The maximum Gasteiger partial charge on any atom is 0.237 e. The number of carbonyl (C=O) groups is 1. The Labute approximate surface area is 142 Å². The van der Waals surface area contributed by atoms with Gasteiger partial charge in [0.1, 0.15) is 6.42 Å². The number of aromatic nitrogens is 2. The molecule has 2 aromatic rings. The first-order valence-corrected chi connectivity index (χ1v) is 7.50. The third kappa shape index (κ3) is 2.93. The van der Waals surface area contributed by atoms with E-state index in [0.717, 1.165) is 5.56 Å². The predicted molar refractivity (Wildman–Crippen MR) is 86.4 cm³/mol. The average Bonchev–Trinajstić information content (AvgIpc) is 2.91. The molecular weight excluding hydrogens is 337 g/mol. The fraction of sp³-hybridized carbons (Fsp3) is 0.200. The van der Waals surface area contributed by atoms with Crippen molar-refractivity contribution < 1.29 is 4.79 Å². The van der Waals surface area contributed by atoms with E-state index in [9.17, 15) is 4.79 Å². The Bertz CT molecular complexity index is 846. The second-order valence-electron chi connectivity index (χ2n) is 5.06. The summed E-state index contributed by atoms with van der Waals surface area (Å²) in [4.78, 5) is 22.0. The van der Waals surface area contributed by atoms with E-state index in [-0.39, 0.29) is 18.3 Å². The number of anilines is 1. The van der Waals surface area contributed by atoms with E-state index in [0.29, 0.717) is 40.1 Å². The topological polar surface area (TPSA) is 95.9 Å². The van der Waals surface area contributed by atoms with E-state index < -0.39 is 0 Å². The summed E-state index contributed by atoms with van der Waals surface area (Å²) < 4.78 is 0. The molecule has 6 nitrogen and oxygen atoms in total. The number of hydrogen-bond acceptors (Lipinski definition) is 5. The smallest absolute Gasteiger partial charge is 0.237 e. The van der Waals surface area contributed by atoms with Crippen molar-refractivity contribution in [2.24, 2.45) is 0 Å². The van der Waals surface area contributed by atoms with Crippen molar-refractivity contribution in [1.82, 2.24) is 14.9 Å². The fourth-order valence-electron chi connectivity index (χ4n) is 2.53. The van der Waals surface area contributed by atoms with E-state index in [1.54, 1.807) is 23.1 Å². The Morgan fingerprint density at radius 3 is 2.83 bits per heavy atom. The van der Waals surface area contributed by atoms with Crippen molar-refractivity contribution >= 4 is 35.1 Å². The maximum atomic E-state index is 11.9. The molecule has 2 N–H and O–H groups in total. The summed E-state index contributed by atoms with van der Waals surface area (Å²) in [5.74, 6) is -0.142. The summed E-state index contributed by atoms with van der Waals surface area (Å²) in [6, 6.07) is 6.94. The van der Waals surface area contributed by atoms with Crippen LogP contribution in [-0.2, 0) is 17.9 Å². The summed E-state index contributed by atoms with van der Waals surface area (Å²) in [5, 5.41) is 9.64. The van der Waals surface area contributed by atoms with Crippen molar-refractivity contribution in [3.05, 3.63) is 39.5 Å². The first-order chi connectivity index (χ1) is 11.0. The number of carbonyl (C=O) groups excluding carboxylic acids is 1. The normalized spacial score (nSPS) is 12.8. The van der Waals surface area contributed by atoms with Gasteiger partial charge in [-0.05, 0) is 18.2 Å². The van der Waals surface area contributed by atoms with Crippen LogP contribution in [0, 0.1) is 11.3 Å². The second kappa shape index (κ2) is 6.03. The molecule has 116 valence electrons. The molecule has 0 aliphatic carbocycles. The molecule has 1 aliphatic rings. The SMILES string of the molecule is N#CCC(=O)N1Cc2nc(N)nc(-c3ccc(Cl)cc3Cl)c2C1. The highest BCUT2D eigenvalue weighted by molar-refractivity contribution is 6.36. The Morgan fingerprint density at radius 2 is 2.13 bits per heavy atom. The number of benzene rings is 1. The highest BCUT2D eigenvalue weighted by Gasteiger charge is 2.28. The van der Waals surface area contributed by atoms with Crippen LogP contribution in [0.3, 0.4) is 0 Å². The number of hydrogen-bond donors (Lipinski definition) is 1. The molecule has 2 heterocycles. The minimum absolute atomic E-state index is 0.111. The Kier molecular flexibility index (Phi) is 4.07. The lowest BCUT2D eigenvalue weighted by Gasteiger charge is -2.13. The monoisotopic (exact) mass is 347 g/mol. The van der Waals surface area contributed by atoms with Gasteiger partial charge in [0.05, 0.1) is 35.6 Å². The quantitative estimate of drug-likeness (QED) is 0.900. The van der Waals surface area contributed by atoms with Crippen LogP contribution in [0.5, 0.6) is 0 Å². The molecule has 0 unspecified atom stereocenters. The van der Waals surface area contributed by atoms with E-state index in [2.05, 4.69) is 9.97 Å². The molecule has 23 heavy (non-hydrogen) atoms. The van der Waals surface area contributed by atoms with Gasteiger partial charge in [-0.15, -0.1) is 0 Å². The van der Waals surface area contributed by atoms with Gasteiger partial charge < -0.3 is 10.6 Å². The highest BCUT2D eigenvalue weighted by Crippen LogP contribution is 2.35. The Balaban J connectivity index is 2.06. The van der Waals surface area contributed by atoms with Crippen LogP contribution >= 0.6 is 23.2 Å². The van der Waals surface area contributed by atoms with Crippen LogP contribution in [0.2, 0.25) is 10.0 Å². The lowest BCUT2D eigenvalue weighted by molar-refractivity contribution is -0.130. The largest absolute Gasteiger partial charge is 0.368 e. The molecule has 0 radical (unpaired) electrons. The van der Waals surface area contributed by atoms with Crippen LogP contribution < -0.4 is 5.73 Å². The van der Waals surface area contributed by atoms with Gasteiger partial charge >= 0.3 is 0 Å². The van der Waals surface area contributed by atoms with E-state index in [4.69, 9.17) is 34.2 Å². The third-order valence-corrected chi connectivity index (χ3v) is 4.12. The number of nitrogens with two attached hydrogens (primary N) is 1. The van der Waals surface area contributed by atoms with Crippen LogP contribution in [-0.4, -0.2) is 20.8 Å². The summed E-state index contributed by atoms with van der Waals surface area (Å²) in [6.45, 7) is 0.630. The minimum Gasteiger partial charge on any atom is -0.368 e. The van der Waals surface area contributed by atoms with Crippen LogP contribution in [0.4, 0.5) is 5.95 Å². The van der Waals surface area contributed by atoms with E-state index in [1.165, 1.54) is 0 Å². The lowest BCUT2D eigenvalue weighted by Crippen LogP contribution is -2.24. The summed E-state index contributed by atoms with van der Waals surface area (Å²) >= 11 is 12.2. The van der Waals surface area contributed by atoms with Gasteiger partial charge in [-0.1, -0.05) is 23.2 Å². The summed E-state index contributed by atoms with van der Waals surface area (Å²) in [5.41, 5.74) is 8.50. The van der Waals surface area contributed by atoms with Gasteiger partial charge in [0.15, 0.2) is 0 Å². The zero-order valence-corrected chi connectivity index (χ0v) is 13.4. The summed E-state index contributed by atoms with van der Waals surface area (Å²) in [7, 11) is 0. The van der Waals surface area contributed by atoms with Crippen molar-refractivity contribution in [3.8, 4) is 17.3 Å².